The molecule has 0 saturated heterocycles. The number of aliphatic imine (C=N–C) groups is 1. The van der Waals surface area contributed by atoms with Gasteiger partial charge in [-0.05, 0) is 44.8 Å². The van der Waals surface area contributed by atoms with Crippen molar-refractivity contribution in [3.63, 3.8) is 0 Å². The van der Waals surface area contributed by atoms with Crippen molar-refractivity contribution in [2.45, 2.75) is 20.0 Å². The van der Waals surface area contributed by atoms with Gasteiger partial charge in [-0.15, -0.1) is 24.0 Å². The minimum Gasteiger partial charge on any atom is -0.357 e. The Balaban J connectivity index is 0.00000450. The SMILES string of the molecule is CCNC(=NCc1cccc(NC(=O)CN(C)C)c1)NCc1cc(Cl)c(Cl)n1C.I. The van der Waals surface area contributed by atoms with Gasteiger partial charge < -0.3 is 25.4 Å². The summed E-state index contributed by atoms with van der Waals surface area (Å²) in [4.78, 5) is 18.4. The van der Waals surface area contributed by atoms with E-state index >= 15 is 0 Å². The van der Waals surface area contributed by atoms with Gasteiger partial charge in [0.15, 0.2) is 5.96 Å². The Morgan fingerprint density at radius 1 is 1.20 bits per heavy atom. The van der Waals surface area contributed by atoms with Crippen molar-refractivity contribution in [3.05, 3.63) is 51.8 Å². The van der Waals surface area contributed by atoms with Gasteiger partial charge in [-0.3, -0.25) is 4.79 Å². The molecule has 1 heterocycles. The molecule has 0 aliphatic heterocycles. The highest BCUT2D eigenvalue weighted by molar-refractivity contribution is 14.0. The van der Waals surface area contributed by atoms with Crippen LogP contribution in [0.1, 0.15) is 18.2 Å². The van der Waals surface area contributed by atoms with E-state index in [1.54, 1.807) is 0 Å². The van der Waals surface area contributed by atoms with Crippen molar-refractivity contribution in [2.75, 3.05) is 32.5 Å². The fourth-order valence-corrected chi connectivity index (χ4v) is 3.10. The molecule has 0 fully saturated rings. The Labute approximate surface area is 205 Å². The molecule has 2 aromatic rings. The van der Waals surface area contributed by atoms with Gasteiger partial charge in [-0.2, -0.15) is 0 Å². The van der Waals surface area contributed by atoms with Gasteiger partial charge in [0.25, 0.3) is 0 Å². The summed E-state index contributed by atoms with van der Waals surface area (Å²) in [5, 5.41) is 10.4. The van der Waals surface area contributed by atoms with Gasteiger partial charge in [0.05, 0.1) is 24.7 Å². The second kappa shape index (κ2) is 13.0. The van der Waals surface area contributed by atoms with Crippen LogP contribution < -0.4 is 16.0 Å². The topological polar surface area (TPSA) is 73.7 Å². The zero-order valence-electron chi connectivity index (χ0n) is 17.6. The number of carbonyl (C=O) groups is 1. The third-order valence-corrected chi connectivity index (χ3v) is 4.93. The van der Waals surface area contributed by atoms with E-state index in [0.717, 1.165) is 23.5 Å². The van der Waals surface area contributed by atoms with Gasteiger partial charge in [0.1, 0.15) is 5.15 Å². The zero-order valence-corrected chi connectivity index (χ0v) is 21.5. The van der Waals surface area contributed by atoms with Crippen LogP contribution in [-0.2, 0) is 24.9 Å². The third kappa shape index (κ3) is 8.33. The first-order valence-corrected chi connectivity index (χ1v) is 10.1. The summed E-state index contributed by atoms with van der Waals surface area (Å²) in [6.07, 6.45) is 0. The van der Waals surface area contributed by atoms with E-state index in [9.17, 15) is 4.79 Å². The molecule has 0 aliphatic carbocycles. The number of aromatic nitrogens is 1. The number of hydrogen-bond donors (Lipinski definition) is 3. The Kier molecular flexibility index (Phi) is 11.5. The number of rotatable bonds is 8. The molecule has 30 heavy (non-hydrogen) atoms. The van der Waals surface area contributed by atoms with Crippen molar-refractivity contribution in [3.8, 4) is 0 Å². The van der Waals surface area contributed by atoms with E-state index in [0.29, 0.717) is 35.8 Å². The van der Waals surface area contributed by atoms with E-state index in [-0.39, 0.29) is 29.9 Å². The molecular weight excluding hydrogens is 538 g/mol. The maximum atomic E-state index is 11.9. The predicted octanol–water partition coefficient (Wildman–Crippen LogP) is 3.71. The lowest BCUT2D eigenvalue weighted by molar-refractivity contribution is -0.116. The average Bonchev–Trinajstić information content (AvgIpc) is 2.90. The number of anilines is 1. The molecule has 0 atom stereocenters. The molecule has 2 rings (SSSR count). The van der Waals surface area contributed by atoms with Crippen LogP contribution in [0, 0.1) is 0 Å². The monoisotopic (exact) mass is 566 g/mol. The quantitative estimate of drug-likeness (QED) is 0.259. The van der Waals surface area contributed by atoms with Gasteiger partial charge in [-0.1, -0.05) is 35.3 Å². The van der Waals surface area contributed by atoms with Crippen LogP contribution in [0.5, 0.6) is 0 Å². The summed E-state index contributed by atoms with van der Waals surface area (Å²) >= 11 is 12.2. The van der Waals surface area contributed by atoms with Gasteiger partial charge in [0.2, 0.25) is 5.91 Å². The Morgan fingerprint density at radius 3 is 2.53 bits per heavy atom. The molecule has 0 aliphatic rings. The van der Waals surface area contributed by atoms with Gasteiger partial charge in [0, 0.05) is 25.0 Å². The number of hydrogen-bond acceptors (Lipinski definition) is 3. The third-order valence-electron chi connectivity index (χ3n) is 4.09. The van der Waals surface area contributed by atoms with E-state index in [1.807, 2.05) is 67.9 Å². The molecule has 3 N–H and O–H groups in total. The lowest BCUT2D eigenvalue weighted by Crippen LogP contribution is -2.37. The fourth-order valence-electron chi connectivity index (χ4n) is 2.68. The van der Waals surface area contributed by atoms with Crippen molar-refractivity contribution >= 4 is 64.7 Å². The lowest BCUT2D eigenvalue weighted by Gasteiger charge is -2.13. The molecule has 1 aromatic heterocycles. The molecule has 0 unspecified atom stereocenters. The van der Waals surface area contributed by atoms with E-state index < -0.39 is 0 Å². The predicted molar refractivity (Wildman–Crippen MR) is 136 cm³/mol. The van der Waals surface area contributed by atoms with Crippen LogP contribution in [-0.4, -0.2) is 48.5 Å². The Morgan fingerprint density at radius 2 is 1.93 bits per heavy atom. The number of guanidine groups is 1. The Hall–Kier alpha value is -1.49. The first kappa shape index (κ1) is 26.5. The molecule has 0 spiro atoms. The molecule has 0 saturated carbocycles. The number of benzene rings is 1. The second-order valence-corrected chi connectivity index (χ2v) is 7.63. The molecule has 0 bridgehead atoms. The van der Waals surface area contributed by atoms with Crippen LogP contribution in [0.2, 0.25) is 10.2 Å². The molecule has 1 aromatic carbocycles. The maximum absolute atomic E-state index is 11.9. The summed E-state index contributed by atoms with van der Waals surface area (Å²) < 4.78 is 1.83. The molecule has 166 valence electrons. The van der Waals surface area contributed by atoms with Crippen LogP contribution in [0.15, 0.2) is 35.3 Å². The molecular formula is C20H29Cl2IN6O. The summed E-state index contributed by atoms with van der Waals surface area (Å²) in [5.41, 5.74) is 2.71. The average molecular weight is 567 g/mol. The summed E-state index contributed by atoms with van der Waals surface area (Å²) in [7, 11) is 5.58. The molecule has 1 amide bonds. The first-order chi connectivity index (χ1) is 13.8. The zero-order chi connectivity index (χ0) is 21.4. The molecule has 0 radical (unpaired) electrons. The summed E-state index contributed by atoms with van der Waals surface area (Å²) in [5.74, 6) is 0.633. The van der Waals surface area contributed by atoms with E-state index in [4.69, 9.17) is 23.2 Å². The van der Waals surface area contributed by atoms with Crippen LogP contribution in [0.25, 0.3) is 0 Å². The second-order valence-electron chi connectivity index (χ2n) is 6.87. The number of carbonyl (C=O) groups excluding carboxylic acids is 1. The maximum Gasteiger partial charge on any atom is 0.238 e. The van der Waals surface area contributed by atoms with E-state index in [1.165, 1.54) is 0 Å². The standard InChI is InChI=1S/C20H28Cl2N6O.HI/c1-5-23-20(25-12-16-10-17(21)19(22)28(16)4)24-11-14-7-6-8-15(9-14)26-18(29)13-27(2)3;/h6-10H,5,11-13H2,1-4H3,(H,26,29)(H2,23,24,25);1H. The number of nitrogens with zero attached hydrogens (tertiary/aromatic N) is 3. The van der Waals surface area contributed by atoms with Gasteiger partial charge in [-0.25, -0.2) is 4.99 Å². The smallest absolute Gasteiger partial charge is 0.238 e. The van der Waals surface area contributed by atoms with Crippen molar-refractivity contribution < 1.29 is 4.79 Å². The van der Waals surface area contributed by atoms with Crippen LogP contribution in [0.3, 0.4) is 0 Å². The van der Waals surface area contributed by atoms with Crippen LogP contribution in [0.4, 0.5) is 5.69 Å². The lowest BCUT2D eigenvalue weighted by atomic mass is 10.2. The van der Waals surface area contributed by atoms with Crippen molar-refractivity contribution in [2.24, 2.45) is 12.0 Å². The van der Waals surface area contributed by atoms with Crippen LogP contribution >= 0.6 is 47.2 Å². The number of nitrogens with one attached hydrogen (secondary N) is 3. The summed E-state index contributed by atoms with van der Waals surface area (Å²) in [6, 6.07) is 9.51. The highest BCUT2D eigenvalue weighted by Crippen LogP contribution is 2.24. The first-order valence-electron chi connectivity index (χ1n) is 9.35. The molecule has 7 nitrogen and oxygen atoms in total. The highest BCUT2D eigenvalue weighted by Gasteiger charge is 2.09. The normalized spacial score (nSPS) is 11.2. The minimum atomic E-state index is -0.0504. The largest absolute Gasteiger partial charge is 0.357 e. The minimum absolute atomic E-state index is 0. The number of halogens is 3. The number of amides is 1. The van der Waals surface area contributed by atoms with Crippen molar-refractivity contribution in [1.82, 2.24) is 20.1 Å². The Bertz CT molecular complexity index is 869. The highest BCUT2D eigenvalue weighted by atomic mass is 127. The number of likely N-dealkylation sites (N-methyl/N-ethyl adjacent to an activating group) is 1. The fraction of sp³-hybridized carbons (Fsp3) is 0.400. The summed E-state index contributed by atoms with van der Waals surface area (Å²) in [6.45, 7) is 4.09. The van der Waals surface area contributed by atoms with E-state index in [2.05, 4.69) is 20.9 Å². The molecule has 10 heteroatoms. The van der Waals surface area contributed by atoms with Crippen molar-refractivity contribution in [1.29, 1.82) is 0 Å². The van der Waals surface area contributed by atoms with Gasteiger partial charge >= 0.3 is 0 Å².